The predicted octanol–water partition coefficient (Wildman–Crippen LogP) is 2.64. The molecule has 0 saturated carbocycles. The van der Waals surface area contributed by atoms with Gasteiger partial charge in [-0.3, -0.25) is 9.80 Å². The Labute approximate surface area is 114 Å². The summed E-state index contributed by atoms with van der Waals surface area (Å²) in [6.07, 6.45) is 1.38. The third kappa shape index (κ3) is 2.38. The van der Waals surface area contributed by atoms with Crippen LogP contribution in [0.25, 0.3) is 0 Å². The molecule has 1 heterocycles. The van der Waals surface area contributed by atoms with Crippen molar-refractivity contribution in [1.82, 2.24) is 5.01 Å². The number of nitrogens with zero attached hydrogens (tertiary/aromatic N) is 2. The Kier molecular flexibility index (Phi) is 4.22. The van der Waals surface area contributed by atoms with Crippen LogP contribution in [-0.4, -0.2) is 30.7 Å². The van der Waals surface area contributed by atoms with Crippen molar-refractivity contribution >= 4 is 12.0 Å². The molecule has 1 aromatic carbocycles. The molecule has 4 nitrogen and oxygen atoms in total. The van der Waals surface area contributed by atoms with Crippen LogP contribution < -0.4 is 5.01 Å². The number of hydrogen-bond donors (Lipinski definition) is 0. The van der Waals surface area contributed by atoms with E-state index in [9.17, 15) is 4.79 Å². The van der Waals surface area contributed by atoms with Crippen molar-refractivity contribution < 1.29 is 9.53 Å². The van der Waals surface area contributed by atoms with Crippen molar-refractivity contribution in [1.29, 1.82) is 0 Å². The molecule has 103 valence electrons. The third-order valence-corrected chi connectivity index (χ3v) is 3.50. The van der Waals surface area contributed by atoms with Gasteiger partial charge in [0.2, 0.25) is 0 Å². The van der Waals surface area contributed by atoms with Crippen LogP contribution in [0.4, 0.5) is 5.69 Å². The fraction of sp³-hybridized carbons (Fsp3) is 0.467. The van der Waals surface area contributed by atoms with Crippen molar-refractivity contribution in [2.45, 2.75) is 39.1 Å². The molecule has 0 saturated heterocycles. The van der Waals surface area contributed by atoms with E-state index in [0.717, 1.165) is 24.1 Å². The molecular formula is C15H21N2O2. The van der Waals surface area contributed by atoms with Gasteiger partial charge in [0.25, 0.3) is 0 Å². The SMILES string of the molecule is [CH2]CC(OC)N1c2c(C=O)cccc2CN1C(C)C. The van der Waals surface area contributed by atoms with Gasteiger partial charge in [-0.2, -0.15) is 0 Å². The lowest BCUT2D eigenvalue weighted by molar-refractivity contribution is 0.0395. The Balaban J connectivity index is 2.51. The summed E-state index contributed by atoms with van der Waals surface area (Å²) in [5, 5.41) is 4.30. The van der Waals surface area contributed by atoms with Gasteiger partial charge in [0, 0.05) is 25.3 Å². The normalized spacial score (nSPS) is 16.8. The highest BCUT2D eigenvalue weighted by atomic mass is 16.5. The number of ether oxygens (including phenoxy) is 1. The van der Waals surface area contributed by atoms with Crippen LogP contribution in [0, 0.1) is 6.92 Å². The van der Waals surface area contributed by atoms with E-state index in [2.05, 4.69) is 36.9 Å². The number of carbonyl (C=O) groups is 1. The number of hydrazine groups is 1. The van der Waals surface area contributed by atoms with E-state index in [4.69, 9.17) is 4.74 Å². The predicted molar refractivity (Wildman–Crippen MR) is 75.8 cm³/mol. The van der Waals surface area contributed by atoms with E-state index < -0.39 is 0 Å². The van der Waals surface area contributed by atoms with E-state index in [1.165, 1.54) is 0 Å². The quantitative estimate of drug-likeness (QED) is 0.763. The summed E-state index contributed by atoms with van der Waals surface area (Å²) in [4.78, 5) is 11.3. The highest BCUT2D eigenvalue weighted by Gasteiger charge is 2.35. The zero-order chi connectivity index (χ0) is 14.0. The molecule has 19 heavy (non-hydrogen) atoms. The van der Waals surface area contributed by atoms with E-state index in [-0.39, 0.29) is 6.23 Å². The van der Waals surface area contributed by atoms with Gasteiger partial charge in [0.05, 0.1) is 5.69 Å². The second-order valence-electron chi connectivity index (χ2n) is 4.99. The van der Waals surface area contributed by atoms with Crippen LogP contribution in [0.1, 0.15) is 36.2 Å². The highest BCUT2D eigenvalue weighted by molar-refractivity contribution is 5.86. The maximum atomic E-state index is 11.3. The molecule has 1 aliphatic rings. The van der Waals surface area contributed by atoms with E-state index >= 15 is 0 Å². The topological polar surface area (TPSA) is 32.8 Å². The van der Waals surface area contributed by atoms with Gasteiger partial charge < -0.3 is 4.74 Å². The summed E-state index contributed by atoms with van der Waals surface area (Å²) < 4.78 is 5.53. The molecular weight excluding hydrogens is 240 g/mol. The number of fused-ring (bicyclic) bond motifs is 1. The molecule has 0 spiro atoms. The Morgan fingerprint density at radius 1 is 1.47 bits per heavy atom. The summed E-state index contributed by atoms with van der Waals surface area (Å²) in [7, 11) is 1.68. The van der Waals surface area contributed by atoms with Crippen molar-refractivity contribution in [2.75, 3.05) is 12.1 Å². The zero-order valence-electron chi connectivity index (χ0n) is 11.8. The van der Waals surface area contributed by atoms with Crippen molar-refractivity contribution in [3.05, 3.63) is 36.2 Å². The van der Waals surface area contributed by atoms with Gasteiger partial charge in [-0.25, -0.2) is 5.01 Å². The van der Waals surface area contributed by atoms with Crippen molar-refractivity contribution in [3.63, 3.8) is 0 Å². The summed E-state index contributed by atoms with van der Waals surface area (Å²) in [5.41, 5.74) is 2.83. The second kappa shape index (κ2) is 5.72. The molecule has 0 fully saturated rings. The Morgan fingerprint density at radius 3 is 2.74 bits per heavy atom. The van der Waals surface area contributed by atoms with Crippen molar-refractivity contribution in [2.24, 2.45) is 0 Å². The molecule has 4 heteroatoms. The van der Waals surface area contributed by atoms with Crippen LogP contribution >= 0.6 is 0 Å². The van der Waals surface area contributed by atoms with Gasteiger partial charge in [0.15, 0.2) is 6.29 Å². The number of para-hydroxylation sites is 1. The third-order valence-electron chi connectivity index (χ3n) is 3.50. The van der Waals surface area contributed by atoms with Gasteiger partial charge in [-0.15, -0.1) is 0 Å². The lowest BCUT2D eigenvalue weighted by Crippen LogP contribution is -2.49. The molecule has 1 radical (unpaired) electrons. The first kappa shape index (κ1) is 14.0. The molecule has 1 aromatic rings. The minimum Gasteiger partial charge on any atom is -0.360 e. The first-order chi connectivity index (χ1) is 9.13. The molecule has 2 rings (SSSR count). The lowest BCUT2D eigenvalue weighted by atomic mass is 10.1. The van der Waals surface area contributed by atoms with Crippen LogP contribution in [0.15, 0.2) is 18.2 Å². The molecule has 1 aliphatic heterocycles. The first-order valence-electron chi connectivity index (χ1n) is 6.59. The Morgan fingerprint density at radius 2 is 2.21 bits per heavy atom. The standard InChI is InChI=1S/C15H21N2O2/c1-5-14(19-4)17-15-12(9-16(17)11(2)3)7-6-8-13(15)10-18/h6-8,10-11,14H,1,5,9H2,2-4H3. The van der Waals surface area contributed by atoms with E-state index in [0.29, 0.717) is 18.0 Å². The summed E-state index contributed by atoms with van der Waals surface area (Å²) in [6, 6.07) is 6.17. The fourth-order valence-corrected chi connectivity index (χ4v) is 2.57. The Bertz CT molecular complexity index is 455. The number of aldehydes is 1. The summed E-state index contributed by atoms with van der Waals surface area (Å²) in [5.74, 6) is 0. The minimum absolute atomic E-state index is 0.148. The minimum atomic E-state index is -0.148. The summed E-state index contributed by atoms with van der Waals surface area (Å²) in [6.45, 7) is 9.01. The smallest absolute Gasteiger partial charge is 0.152 e. The van der Waals surface area contributed by atoms with Gasteiger partial charge in [-0.1, -0.05) is 12.1 Å². The number of methoxy groups -OCH3 is 1. The number of benzene rings is 1. The van der Waals surface area contributed by atoms with E-state index in [1.54, 1.807) is 7.11 Å². The van der Waals surface area contributed by atoms with Gasteiger partial charge in [-0.05, 0) is 38.8 Å². The second-order valence-corrected chi connectivity index (χ2v) is 4.99. The number of anilines is 1. The maximum Gasteiger partial charge on any atom is 0.152 e. The monoisotopic (exact) mass is 261 g/mol. The van der Waals surface area contributed by atoms with Gasteiger partial charge in [0.1, 0.15) is 6.23 Å². The largest absolute Gasteiger partial charge is 0.360 e. The average molecular weight is 261 g/mol. The molecule has 0 N–H and O–H groups in total. The molecule has 0 aromatic heterocycles. The lowest BCUT2D eigenvalue weighted by Gasteiger charge is -2.38. The fourth-order valence-electron chi connectivity index (χ4n) is 2.57. The van der Waals surface area contributed by atoms with E-state index in [1.807, 2.05) is 12.1 Å². The molecule has 1 atom stereocenters. The average Bonchev–Trinajstić information content (AvgIpc) is 2.80. The molecule has 0 aliphatic carbocycles. The maximum absolute atomic E-state index is 11.3. The number of hydrogen-bond acceptors (Lipinski definition) is 4. The van der Waals surface area contributed by atoms with Crippen LogP contribution in [-0.2, 0) is 11.3 Å². The zero-order valence-corrected chi connectivity index (χ0v) is 11.8. The number of rotatable bonds is 5. The van der Waals surface area contributed by atoms with Crippen LogP contribution in [0.3, 0.4) is 0 Å². The number of carbonyl (C=O) groups excluding carboxylic acids is 1. The highest BCUT2D eigenvalue weighted by Crippen LogP contribution is 2.37. The summed E-state index contributed by atoms with van der Waals surface area (Å²) >= 11 is 0. The first-order valence-corrected chi connectivity index (χ1v) is 6.59. The molecule has 0 amide bonds. The molecule has 0 bridgehead atoms. The van der Waals surface area contributed by atoms with Crippen LogP contribution in [0.5, 0.6) is 0 Å². The van der Waals surface area contributed by atoms with Crippen molar-refractivity contribution in [3.8, 4) is 0 Å². The van der Waals surface area contributed by atoms with Crippen LogP contribution in [0.2, 0.25) is 0 Å². The van der Waals surface area contributed by atoms with Gasteiger partial charge >= 0.3 is 0 Å². The Hall–Kier alpha value is -1.39. The molecule has 1 unspecified atom stereocenters.